The molecule has 0 aromatic carbocycles. The minimum atomic E-state index is -0.284. The molecule has 5 nitrogen and oxygen atoms in total. The molecule has 0 saturated carbocycles. The smallest absolute Gasteiger partial charge is 0.300 e. The molecule has 0 unspecified atom stereocenters. The Kier molecular flexibility index (Phi) is 2.73. The van der Waals surface area contributed by atoms with Crippen molar-refractivity contribution in [2.45, 2.75) is 12.8 Å². The highest BCUT2D eigenvalue weighted by Crippen LogP contribution is 2.15. The average molecular weight is 209 g/mol. The standard InChI is InChI=1S/C10H15N3O2/c1-12-5-2-3-8(7-12)13-6-4-9(14)11-10(13)15/h3H,2,4-7H2,1H3,(H,11,14,15). The number of urea groups is 1. The highest BCUT2D eigenvalue weighted by atomic mass is 16.2. The average Bonchev–Trinajstić information content (AvgIpc) is 2.17. The molecule has 2 aliphatic rings. The SMILES string of the molecule is CN1CCC=C(N2CCC(=O)NC2=O)C1. The Bertz CT molecular complexity index is 325. The fourth-order valence-corrected chi connectivity index (χ4v) is 1.91. The summed E-state index contributed by atoms with van der Waals surface area (Å²) in [7, 11) is 2.03. The number of carbonyl (C=O) groups excluding carboxylic acids is 2. The molecule has 1 fully saturated rings. The number of likely N-dealkylation sites (N-methyl/N-ethyl adjacent to an activating group) is 1. The number of hydrogen-bond acceptors (Lipinski definition) is 3. The second-order valence-electron chi connectivity index (χ2n) is 3.98. The number of nitrogens with zero attached hydrogens (tertiary/aromatic N) is 2. The third kappa shape index (κ3) is 2.18. The van der Waals surface area contributed by atoms with Gasteiger partial charge in [-0.25, -0.2) is 4.79 Å². The van der Waals surface area contributed by atoms with E-state index in [-0.39, 0.29) is 11.9 Å². The van der Waals surface area contributed by atoms with E-state index in [2.05, 4.69) is 16.3 Å². The first-order chi connectivity index (χ1) is 7.16. The molecule has 0 aromatic heterocycles. The molecule has 2 heterocycles. The fraction of sp³-hybridized carbons (Fsp3) is 0.600. The summed E-state index contributed by atoms with van der Waals surface area (Å²) in [6.07, 6.45) is 3.44. The molecule has 2 aliphatic heterocycles. The van der Waals surface area contributed by atoms with Crippen LogP contribution in [-0.4, -0.2) is 48.4 Å². The third-order valence-electron chi connectivity index (χ3n) is 2.72. The third-order valence-corrected chi connectivity index (χ3v) is 2.72. The Balaban J connectivity index is 2.07. The van der Waals surface area contributed by atoms with Crippen LogP contribution in [0.2, 0.25) is 0 Å². The highest BCUT2D eigenvalue weighted by molar-refractivity contribution is 5.97. The summed E-state index contributed by atoms with van der Waals surface area (Å²) in [4.78, 5) is 26.4. The van der Waals surface area contributed by atoms with E-state index in [4.69, 9.17) is 0 Å². The summed E-state index contributed by atoms with van der Waals surface area (Å²) in [5.41, 5.74) is 1.01. The van der Waals surface area contributed by atoms with Gasteiger partial charge in [-0.05, 0) is 13.5 Å². The normalized spacial score (nSPS) is 23.8. The molecule has 0 aliphatic carbocycles. The number of imide groups is 1. The van der Waals surface area contributed by atoms with Gasteiger partial charge in [-0.15, -0.1) is 0 Å². The van der Waals surface area contributed by atoms with Gasteiger partial charge in [-0.1, -0.05) is 6.08 Å². The van der Waals surface area contributed by atoms with Crippen LogP contribution in [0.1, 0.15) is 12.8 Å². The minimum absolute atomic E-state index is 0.180. The largest absolute Gasteiger partial charge is 0.328 e. The van der Waals surface area contributed by atoms with Gasteiger partial charge >= 0.3 is 6.03 Å². The van der Waals surface area contributed by atoms with Crippen molar-refractivity contribution in [3.63, 3.8) is 0 Å². The topological polar surface area (TPSA) is 52.6 Å². The highest BCUT2D eigenvalue weighted by Gasteiger charge is 2.26. The second kappa shape index (κ2) is 4.02. The summed E-state index contributed by atoms with van der Waals surface area (Å²) in [6, 6.07) is -0.284. The predicted octanol–water partition coefficient (Wildman–Crippen LogP) is 0.148. The van der Waals surface area contributed by atoms with Crippen LogP contribution in [0.15, 0.2) is 11.8 Å². The Morgan fingerprint density at radius 2 is 2.13 bits per heavy atom. The van der Waals surface area contributed by atoms with Crippen molar-refractivity contribution >= 4 is 11.9 Å². The zero-order valence-electron chi connectivity index (χ0n) is 8.82. The lowest BCUT2D eigenvalue weighted by Crippen LogP contribution is -2.50. The molecule has 0 aromatic rings. The van der Waals surface area contributed by atoms with Gasteiger partial charge in [0.2, 0.25) is 5.91 Å². The van der Waals surface area contributed by atoms with Crippen LogP contribution in [0.3, 0.4) is 0 Å². The maximum absolute atomic E-state index is 11.5. The zero-order chi connectivity index (χ0) is 10.8. The monoisotopic (exact) mass is 209 g/mol. The van der Waals surface area contributed by atoms with Crippen LogP contribution < -0.4 is 5.32 Å². The molecule has 0 atom stereocenters. The van der Waals surface area contributed by atoms with Gasteiger partial charge in [0.1, 0.15) is 0 Å². The van der Waals surface area contributed by atoms with Gasteiger partial charge in [0.05, 0.1) is 0 Å². The Hall–Kier alpha value is -1.36. The second-order valence-corrected chi connectivity index (χ2v) is 3.98. The van der Waals surface area contributed by atoms with Crippen molar-refractivity contribution < 1.29 is 9.59 Å². The molecule has 1 saturated heterocycles. The number of carbonyl (C=O) groups is 2. The van der Waals surface area contributed by atoms with Gasteiger partial charge in [-0.2, -0.15) is 0 Å². The van der Waals surface area contributed by atoms with Crippen LogP contribution in [-0.2, 0) is 4.79 Å². The number of amides is 3. The van der Waals surface area contributed by atoms with Gasteiger partial charge in [0.25, 0.3) is 0 Å². The molecule has 1 N–H and O–H groups in total. The van der Waals surface area contributed by atoms with Crippen molar-refractivity contribution in [2.24, 2.45) is 0 Å². The maximum Gasteiger partial charge on any atom is 0.328 e. The maximum atomic E-state index is 11.5. The zero-order valence-corrected chi connectivity index (χ0v) is 8.82. The first-order valence-electron chi connectivity index (χ1n) is 5.16. The van der Waals surface area contributed by atoms with E-state index < -0.39 is 0 Å². The van der Waals surface area contributed by atoms with Crippen LogP contribution >= 0.6 is 0 Å². The van der Waals surface area contributed by atoms with Crippen molar-refractivity contribution in [1.82, 2.24) is 15.1 Å². The summed E-state index contributed by atoms with van der Waals surface area (Å²) in [5.74, 6) is -0.180. The summed E-state index contributed by atoms with van der Waals surface area (Å²) >= 11 is 0. The van der Waals surface area contributed by atoms with E-state index in [1.807, 2.05) is 7.05 Å². The number of nitrogens with one attached hydrogen (secondary N) is 1. The molecule has 0 radical (unpaired) electrons. The van der Waals surface area contributed by atoms with Gasteiger partial charge in [-0.3, -0.25) is 15.0 Å². The predicted molar refractivity (Wildman–Crippen MR) is 55.1 cm³/mol. The lowest BCUT2D eigenvalue weighted by molar-refractivity contribution is -0.121. The molecule has 3 amide bonds. The van der Waals surface area contributed by atoms with Crippen LogP contribution in [0.5, 0.6) is 0 Å². The lowest BCUT2D eigenvalue weighted by atomic mass is 10.2. The van der Waals surface area contributed by atoms with E-state index in [0.717, 1.165) is 25.2 Å². The van der Waals surface area contributed by atoms with Crippen molar-refractivity contribution in [2.75, 3.05) is 26.7 Å². The molecular formula is C10H15N3O2. The summed E-state index contributed by atoms with van der Waals surface area (Å²) in [5, 5.41) is 2.33. The molecule has 0 bridgehead atoms. The van der Waals surface area contributed by atoms with Gasteiger partial charge in [0.15, 0.2) is 0 Å². The Morgan fingerprint density at radius 1 is 1.33 bits per heavy atom. The van der Waals surface area contributed by atoms with Crippen molar-refractivity contribution in [1.29, 1.82) is 0 Å². The van der Waals surface area contributed by atoms with E-state index in [0.29, 0.717) is 13.0 Å². The quantitative estimate of drug-likeness (QED) is 0.668. The number of rotatable bonds is 1. The van der Waals surface area contributed by atoms with Crippen LogP contribution in [0.4, 0.5) is 4.79 Å². The van der Waals surface area contributed by atoms with Crippen LogP contribution in [0, 0.1) is 0 Å². The Labute approximate surface area is 88.7 Å². The summed E-state index contributed by atoms with van der Waals surface area (Å²) < 4.78 is 0. The van der Waals surface area contributed by atoms with Crippen LogP contribution in [0.25, 0.3) is 0 Å². The lowest BCUT2D eigenvalue weighted by Gasteiger charge is -2.33. The molecular weight excluding hydrogens is 194 g/mol. The first-order valence-corrected chi connectivity index (χ1v) is 5.16. The van der Waals surface area contributed by atoms with Crippen molar-refractivity contribution in [3.05, 3.63) is 11.8 Å². The van der Waals surface area contributed by atoms with E-state index in [1.165, 1.54) is 0 Å². The number of hydrogen-bond donors (Lipinski definition) is 1. The molecule has 2 rings (SSSR count). The molecule has 15 heavy (non-hydrogen) atoms. The van der Waals surface area contributed by atoms with E-state index in [9.17, 15) is 9.59 Å². The van der Waals surface area contributed by atoms with E-state index >= 15 is 0 Å². The van der Waals surface area contributed by atoms with Gasteiger partial charge in [0, 0.05) is 31.8 Å². The molecule has 82 valence electrons. The minimum Gasteiger partial charge on any atom is -0.300 e. The fourth-order valence-electron chi connectivity index (χ4n) is 1.91. The molecule has 5 heteroatoms. The van der Waals surface area contributed by atoms with Gasteiger partial charge < -0.3 is 4.90 Å². The molecule has 0 spiro atoms. The Morgan fingerprint density at radius 3 is 2.80 bits per heavy atom. The van der Waals surface area contributed by atoms with Crippen molar-refractivity contribution in [3.8, 4) is 0 Å². The summed E-state index contributed by atoms with van der Waals surface area (Å²) in [6.45, 7) is 2.31. The first kappa shape index (κ1) is 10.2. The van der Waals surface area contributed by atoms with E-state index in [1.54, 1.807) is 4.90 Å².